The third-order valence-electron chi connectivity index (χ3n) is 6.58. The summed E-state index contributed by atoms with van der Waals surface area (Å²) < 4.78 is 15.9. The van der Waals surface area contributed by atoms with Crippen LogP contribution in [0.2, 0.25) is 5.02 Å². The Kier molecular flexibility index (Phi) is 9.66. The van der Waals surface area contributed by atoms with Gasteiger partial charge in [0, 0.05) is 6.54 Å². The molecule has 4 N–H and O–H groups in total. The summed E-state index contributed by atoms with van der Waals surface area (Å²) in [6, 6.07) is 16.6. The molecule has 1 aliphatic rings. The molecular weight excluding hydrogens is 554 g/mol. The van der Waals surface area contributed by atoms with E-state index >= 15 is 0 Å². The molecular formula is C29H30ClN3O8. The van der Waals surface area contributed by atoms with Crippen molar-refractivity contribution in [1.82, 2.24) is 4.90 Å². The van der Waals surface area contributed by atoms with E-state index in [9.17, 15) is 24.6 Å². The minimum atomic E-state index is -1.20. The second kappa shape index (κ2) is 13.4. The molecule has 3 amide bonds. The Balaban J connectivity index is 1.39. The summed E-state index contributed by atoms with van der Waals surface area (Å²) in [4.78, 5) is 38.7. The van der Waals surface area contributed by atoms with Crippen LogP contribution in [0.3, 0.4) is 0 Å². The predicted molar refractivity (Wildman–Crippen MR) is 152 cm³/mol. The van der Waals surface area contributed by atoms with E-state index in [1.165, 1.54) is 31.3 Å². The summed E-state index contributed by atoms with van der Waals surface area (Å²) in [5.41, 5.74) is 1.77. The van der Waals surface area contributed by atoms with Gasteiger partial charge in [0.1, 0.15) is 24.2 Å². The Hall–Kier alpha value is -4.32. The number of benzene rings is 3. The number of likely N-dealkylation sites (tertiary alicyclic amines) is 1. The van der Waals surface area contributed by atoms with Crippen molar-refractivity contribution in [3.63, 3.8) is 0 Å². The van der Waals surface area contributed by atoms with Crippen LogP contribution in [0.5, 0.6) is 11.5 Å². The maximum atomic E-state index is 13.2. The van der Waals surface area contributed by atoms with Gasteiger partial charge in [-0.2, -0.15) is 0 Å². The number of halogens is 1. The molecule has 3 unspecified atom stereocenters. The number of carbonyl (C=O) groups excluding carboxylic acids is 3. The number of aliphatic hydroxyl groups is 2. The SMILES string of the molecule is COC(=O)c1ccc(OCC2C(O)C(O)CN2C(=O)Cc2ccc(NC(=O)Nc3ccccc3Cl)c(OC)c2)cc1. The molecule has 216 valence electrons. The molecule has 4 rings (SSSR count). The summed E-state index contributed by atoms with van der Waals surface area (Å²) >= 11 is 6.10. The topological polar surface area (TPSA) is 147 Å². The van der Waals surface area contributed by atoms with Gasteiger partial charge in [-0.15, -0.1) is 0 Å². The quantitative estimate of drug-likeness (QED) is 0.281. The Morgan fingerprint density at radius 3 is 2.37 bits per heavy atom. The summed E-state index contributed by atoms with van der Waals surface area (Å²) in [6.45, 7) is -0.136. The highest BCUT2D eigenvalue weighted by molar-refractivity contribution is 6.33. The Morgan fingerprint density at radius 2 is 1.68 bits per heavy atom. The average molecular weight is 584 g/mol. The van der Waals surface area contributed by atoms with Crippen LogP contribution in [0, 0.1) is 0 Å². The van der Waals surface area contributed by atoms with Crippen molar-refractivity contribution in [3.05, 3.63) is 82.9 Å². The van der Waals surface area contributed by atoms with Gasteiger partial charge in [0.2, 0.25) is 5.91 Å². The number of nitrogens with zero attached hydrogens (tertiary/aromatic N) is 1. The van der Waals surface area contributed by atoms with Gasteiger partial charge >= 0.3 is 12.0 Å². The zero-order valence-electron chi connectivity index (χ0n) is 22.4. The van der Waals surface area contributed by atoms with E-state index in [4.69, 9.17) is 21.1 Å². The Morgan fingerprint density at radius 1 is 0.976 bits per heavy atom. The number of para-hydroxylation sites is 1. The molecule has 0 bridgehead atoms. The zero-order valence-corrected chi connectivity index (χ0v) is 23.1. The number of amides is 3. The maximum absolute atomic E-state index is 13.2. The lowest BCUT2D eigenvalue weighted by Crippen LogP contribution is -2.44. The number of methoxy groups -OCH3 is 2. The molecule has 41 heavy (non-hydrogen) atoms. The monoisotopic (exact) mass is 583 g/mol. The van der Waals surface area contributed by atoms with Gasteiger partial charge in [0.25, 0.3) is 0 Å². The third kappa shape index (κ3) is 7.26. The van der Waals surface area contributed by atoms with E-state index in [0.29, 0.717) is 39.0 Å². The van der Waals surface area contributed by atoms with Crippen LogP contribution in [0.1, 0.15) is 15.9 Å². The van der Waals surface area contributed by atoms with Crippen LogP contribution in [-0.2, 0) is 16.0 Å². The number of β-amino-alcohol motifs (C(OH)–C–C–N with tert-alkyl or cyclic N) is 1. The Bertz CT molecular complexity index is 1400. The van der Waals surface area contributed by atoms with Gasteiger partial charge in [-0.25, -0.2) is 9.59 Å². The Labute approximate surface area is 241 Å². The average Bonchev–Trinajstić information content (AvgIpc) is 3.26. The molecule has 0 aliphatic carbocycles. The van der Waals surface area contributed by atoms with Crippen molar-refractivity contribution in [2.24, 2.45) is 0 Å². The van der Waals surface area contributed by atoms with E-state index in [1.54, 1.807) is 54.6 Å². The molecule has 3 atom stereocenters. The van der Waals surface area contributed by atoms with Crippen LogP contribution in [0.15, 0.2) is 66.7 Å². The molecule has 1 saturated heterocycles. The fourth-order valence-corrected chi connectivity index (χ4v) is 4.59. The van der Waals surface area contributed by atoms with Crippen LogP contribution in [0.4, 0.5) is 16.2 Å². The summed E-state index contributed by atoms with van der Waals surface area (Å²) in [5, 5.41) is 26.6. The van der Waals surface area contributed by atoms with E-state index in [0.717, 1.165) is 0 Å². The number of nitrogens with one attached hydrogen (secondary N) is 2. The lowest BCUT2D eigenvalue weighted by Gasteiger charge is -2.26. The molecule has 11 nitrogen and oxygen atoms in total. The highest BCUT2D eigenvalue weighted by atomic mass is 35.5. The van der Waals surface area contributed by atoms with Gasteiger partial charge in [-0.3, -0.25) is 4.79 Å². The standard InChI is InChI=1S/C29H30ClN3O8/c1-39-25-13-17(7-12-22(25)32-29(38)31-21-6-4-3-5-20(21)30)14-26(35)33-15-24(34)27(36)23(33)16-41-19-10-8-18(9-11-19)28(37)40-2/h3-13,23-24,27,34,36H,14-16H2,1-2H3,(H2,31,32,38). The number of esters is 1. The van der Waals surface area contributed by atoms with E-state index in [1.807, 2.05) is 0 Å². The molecule has 1 fully saturated rings. The summed E-state index contributed by atoms with van der Waals surface area (Å²) in [6.07, 6.45) is -2.38. The molecule has 0 spiro atoms. The van der Waals surface area contributed by atoms with Crippen molar-refractivity contribution >= 4 is 40.9 Å². The first-order valence-electron chi connectivity index (χ1n) is 12.7. The second-order valence-electron chi connectivity index (χ2n) is 9.27. The lowest BCUT2D eigenvalue weighted by atomic mass is 10.1. The third-order valence-corrected chi connectivity index (χ3v) is 6.91. The number of rotatable bonds is 9. The van der Waals surface area contributed by atoms with Crippen molar-refractivity contribution in [2.45, 2.75) is 24.7 Å². The van der Waals surface area contributed by atoms with Gasteiger partial charge in [-0.1, -0.05) is 29.8 Å². The number of urea groups is 1. The van der Waals surface area contributed by atoms with Crippen molar-refractivity contribution in [3.8, 4) is 11.5 Å². The molecule has 1 aliphatic heterocycles. The zero-order chi connectivity index (χ0) is 29.5. The van der Waals surface area contributed by atoms with Crippen molar-refractivity contribution < 1.29 is 38.8 Å². The summed E-state index contributed by atoms with van der Waals surface area (Å²) in [7, 11) is 2.73. The number of anilines is 2. The largest absolute Gasteiger partial charge is 0.495 e. The molecule has 1 heterocycles. The fourth-order valence-electron chi connectivity index (χ4n) is 4.41. The molecule has 0 radical (unpaired) electrons. The van der Waals surface area contributed by atoms with Crippen molar-refractivity contribution in [2.75, 3.05) is 38.0 Å². The highest BCUT2D eigenvalue weighted by Gasteiger charge is 2.42. The number of hydrogen-bond acceptors (Lipinski definition) is 8. The van der Waals surface area contributed by atoms with Crippen LogP contribution in [-0.4, -0.2) is 78.6 Å². The van der Waals surface area contributed by atoms with E-state index in [-0.39, 0.29) is 25.5 Å². The highest BCUT2D eigenvalue weighted by Crippen LogP contribution is 2.28. The maximum Gasteiger partial charge on any atom is 0.337 e. The predicted octanol–water partition coefficient (Wildman–Crippen LogP) is 3.33. The smallest absolute Gasteiger partial charge is 0.337 e. The first-order valence-corrected chi connectivity index (χ1v) is 13.0. The fraction of sp³-hybridized carbons (Fsp3) is 0.276. The van der Waals surface area contributed by atoms with Crippen molar-refractivity contribution in [1.29, 1.82) is 0 Å². The minimum Gasteiger partial charge on any atom is -0.495 e. The number of hydrogen-bond donors (Lipinski definition) is 4. The summed E-state index contributed by atoms with van der Waals surface area (Å²) in [5.74, 6) is -0.0654. The number of carbonyl (C=O) groups is 3. The van der Waals surface area contributed by atoms with Gasteiger partial charge in [0.05, 0.1) is 54.7 Å². The van der Waals surface area contributed by atoms with E-state index < -0.39 is 30.3 Å². The van der Waals surface area contributed by atoms with Gasteiger partial charge in [-0.05, 0) is 54.1 Å². The van der Waals surface area contributed by atoms with Crippen LogP contribution < -0.4 is 20.1 Å². The first-order chi connectivity index (χ1) is 19.7. The van der Waals surface area contributed by atoms with Gasteiger partial charge in [0.15, 0.2) is 0 Å². The second-order valence-corrected chi connectivity index (χ2v) is 9.68. The van der Waals surface area contributed by atoms with Gasteiger partial charge < -0.3 is 40.0 Å². The van der Waals surface area contributed by atoms with E-state index in [2.05, 4.69) is 15.4 Å². The molecule has 3 aromatic carbocycles. The number of aliphatic hydroxyl groups excluding tert-OH is 2. The molecule has 0 saturated carbocycles. The molecule has 12 heteroatoms. The van der Waals surface area contributed by atoms with Crippen LogP contribution in [0.25, 0.3) is 0 Å². The number of ether oxygens (including phenoxy) is 3. The van der Waals surface area contributed by atoms with Crippen LogP contribution >= 0.6 is 11.6 Å². The minimum absolute atomic E-state index is 0.0494. The molecule has 0 aromatic heterocycles. The first kappa shape index (κ1) is 29.7. The normalized spacial score (nSPS) is 18.0. The lowest BCUT2D eigenvalue weighted by molar-refractivity contribution is -0.132. The molecule has 3 aromatic rings.